The number of rotatable bonds is 5. The van der Waals surface area contributed by atoms with Crippen LogP contribution in [-0.2, 0) is 15.8 Å². The van der Waals surface area contributed by atoms with Gasteiger partial charge in [-0.15, -0.1) is 0 Å². The summed E-state index contributed by atoms with van der Waals surface area (Å²) < 4.78 is 37.8. The van der Waals surface area contributed by atoms with E-state index in [1.807, 2.05) is 0 Å². The average molecular weight is 337 g/mol. The number of carbonyl (C=O) groups is 2. The van der Waals surface area contributed by atoms with Gasteiger partial charge in [0.15, 0.2) is 0 Å². The molecule has 24 heavy (non-hydrogen) atoms. The first kappa shape index (κ1) is 17.5. The van der Waals surface area contributed by atoms with Crippen molar-refractivity contribution in [3.63, 3.8) is 0 Å². The molecule has 5 nitrogen and oxygen atoms in total. The van der Waals surface area contributed by atoms with Crippen LogP contribution in [0.2, 0.25) is 0 Å². The molecule has 0 radical (unpaired) electrons. The second kappa shape index (κ2) is 7.58. The molecule has 2 N–H and O–H groups in total. The normalized spacial score (nSPS) is 11.0. The molecule has 0 saturated heterocycles. The number of carbonyl (C=O) groups excluding carboxylic acids is 2. The monoisotopic (exact) mass is 337 g/mol. The number of nitrogens with zero attached hydrogens (tertiary/aromatic N) is 1. The second-order valence-corrected chi connectivity index (χ2v) is 4.92. The lowest BCUT2D eigenvalue weighted by Gasteiger charge is -2.10. The van der Waals surface area contributed by atoms with Crippen LogP contribution in [0.4, 0.5) is 24.5 Å². The maximum absolute atomic E-state index is 12.6. The van der Waals surface area contributed by atoms with E-state index in [-0.39, 0.29) is 24.4 Å². The van der Waals surface area contributed by atoms with E-state index >= 15 is 0 Å². The molecule has 126 valence electrons. The van der Waals surface area contributed by atoms with Crippen molar-refractivity contribution in [1.82, 2.24) is 4.98 Å². The van der Waals surface area contributed by atoms with Crippen LogP contribution in [0.5, 0.6) is 0 Å². The first-order valence-electron chi connectivity index (χ1n) is 7.01. The van der Waals surface area contributed by atoms with Crippen LogP contribution in [0.3, 0.4) is 0 Å². The molecule has 0 spiro atoms. The van der Waals surface area contributed by atoms with Crippen LogP contribution in [-0.4, -0.2) is 16.8 Å². The third-order valence-electron chi connectivity index (χ3n) is 3.00. The van der Waals surface area contributed by atoms with E-state index in [0.717, 1.165) is 12.1 Å². The van der Waals surface area contributed by atoms with Gasteiger partial charge >= 0.3 is 6.18 Å². The number of aromatic nitrogens is 1. The molecule has 1 aromatic heterocycles. The lowest BCUT2D eigenvalue weighted by Crippen LogP contribution is -2.17. The van der Waals surface area contributed by atoms with Crippen molar-refractivity contribution in [2.45, 2.75) is 19.0 Å². The molecule has 0 atom stereocenters. The SMILES string of the molecule is O=C(CCC(=O)Nc1cccc(C(F)(F)F)c1)Nc1cccnc1. The molecule has 2 rings (SSSR count). The number of hydrogen-bond donors (Lipinski definition) is 2. The molecular formula is C16H14F3N3O2. The fourth-order valence-electron chi connectivity index (χ4n) is 1.88. The number of alkyl halides is 3. The smallest absolute Gasteiger partial charge is 0.326 e. The van der Waals surface area contributed by atoms with Crippen molar-refractivity contribution in [3.05, 3.63) is 54.4 Å². The summed E-state index contributed by atoms with van der Waals surface area (Å²) in [7, 11) is 0. The molecule has 2 aromatic rings. The Morgan fingerprint density at radius 3 is 2.17 bits per heavy atom. The first-order chi connectivity index (χ1) is 11.3. The quantitative estimate of drug-likeness (QED) is 0.878. The van der Waals surface area contributed by atoms with Crippen LogP contribution in [0.1, 0.15) is 18.4 Å². The zero-order chi connectivity index (χ0) is 17.6. The largest absolute Gasteiger partial charge is 0.416 e. The predicted octanol–water partition coefficient (Wildman–Crippen LogP) is 3.46. The highest BCUT2D eigenvalue weighted by Gasteiger charge is 2.30. The van der Waals surface area contributed by atoms with Crippen LogP contribution >= 0.6 is 0 Å². The van der Waals surface area contributed by atoms with E-state index in [1.54, 1.807) is 18.3 Å². The van der Waals surface area contributed by atoms with E-state index in [9.17, 15) is 22.8 Å². The standard InChI is InChI=1S/C16H14F3N3O2/c17-16(18,19)11-3-1-4-12(9-11)21-14(23)6-7-15(24)22-13-5-2-8-20-10-13/h1-5,8-10H,6-7H2,(H,21,23)(H,22,24). The molecule has 0 aliphatic rings. The number of anilines is 2. The van der Waals surface area contributed by atoms with E-state index in [1.165, 1.54) is 18.3 Å². The first-order valence-corrected chi connectivity index (χ1v) is 7.01. The molecule has 0 fully saturated rings. The van der Waals surface area contributed by atoms with Crippen molar-refractivity contribution in [3.8, 4) is 0 Å². The summed E-state index contributed by atoms with van der Waals surface area (Å²) in [5, 5.41) is 4.90. The zero-order valence-corrected chi connectivity index (χ0v) is 12.4. The molecular weight excluding hydrogens is 323 g/mol. The van der Waals surface area contributed by atoms with Crippen molar-refractivity contribution in [2.75, 3.05) is 10.6 Å². The van der Waals surface area contributed by atoms with Gasteiger partial charge in [-0.05, 0) is 30.3 Å². The van der Waals surface area contributed by atoms with Gasteiger partial charge in [0.1, 0.15) is 0 Å². The molecule has 0 bridgehead atoms. The summed E-state index contributed by atoms with van der Waals surface area (Å²) in [4.78, 5) is 27.3. The Balaban J connectivity index is 1.84. The summed E-state index contributed by atoms with van der Waals surface area (Å²) in [6.07, 6.45) is -1.72. The van der Waals surface area contributed by atoms with Crippen LogP contribution in [0.25, 0.3) is 0 Å². The summed E-state index contributed by atoms with van der Waals surface area (Å²) >= 11 is 0. The van der Waals surface area contributed by atoms with E-state index in [0.29, 0.717) is 5.69 Å². The predicted molar refractivity (Wildman–Crippen MR) is 82.2 cm³/mol. The molecule has 8 heteroatoms. The minimum atomic E-state index is -4.48. The molecule has 0 unspecified atom stereocenters. The summed E-state index contributed by atoms with van der Waals surface area (Å²) in [5.74, 6) is -0.933. The highest BCUT2D eigenvalue weighted by Crippen LogP contribution is 2.30. The van der Waals surface area contributed by atoms with Gasteiger partial charge in [0, 0.05) is 24.7 Å². The van der Waals surface area contributed by atoms with Gasteiger partial charge in [0.25, 0.3) is 0 Å². The minimum Gasteiger partial charge on any atom is -0.326 e. The zero-order valence-electron chi connectivity index (χ0n) is 12.4. The Morgan fingerprint density at radius 2 is 1.58 bits per heavy atom. The van der Waals surface area contributed by atoms with E-state index < -0.39 is 17.6 Å². The lowest BCUT2D eigenvalue weighted by molar-refractivity contribution is -0.137. The number of pyridine rings is 1. The van der Waals surface area contributed by atoms with Crippen LogP contribution < -0.4 is 10.6 Å². The maximum atomic E-state index is 12.6. The van der Waals surface area contributed by atoms with Gasteiger partial charge in [0.05, 0.1) is 17.4 Å². The van der Waals surface area contributed by atoms with Gasteiger partial charge in [-0.1, -0.05) is 6.07 Å². The van der Waals surface area contributed by atoms with Crippen molar-refractivity contribution in [1.29, 1.82) is 0 Å². The Bertz CT molecular complexity index is 718. The van der Waals surface area contributed by atoms with Gasteiger partial charge in [0.2, 0.25) is 11.8 Å². The second-order valence-electron chi connectivity index (χ2n) is 4.92. The molecule has 0 aliphatic carbocycles. The van der Waals surface area contributed by atoms with Gasteiger partial charge in [-0.2, -0.15) is 13.2 Å². The minimum absolute atomic E-state index is 0.0301. The third kappa shape index (κ3) is 5.38. The number of nitrogens with one attached hydrogen (secondary N) is 2. The highest BCUT2D eigenvalue weighted by atomic mass is 19.4. The van der Waals surface area contributed by atoms with Crippen LogP contribution in [0.15, 0.2) is 48.8 Å². The Kier molecular flexibility index (Phi) is 5.51. The van der Waals surface area contributed by atoms with Gasteiger partial charge in [-0.3, -0.25) is 14.6 Å². The average Bonchev–Trinajstić information content (AvgIpc) is 2.53. The molecule has 1 aromatic carbocycles. The molecule has 0 aliphatic heterocycles. The fraction of sp³-hybridized carbons (Fsp3) is 0.188. The van der Waals surface area contributed by atoms with Crippen molar-refractivity contribution in [2.24, 2.45) is 0 Å². The number of hydrogen-bond acceptors (Lipinski definition) is 3. The van der Waals surface area contributed by atoms with Gasteiger partial charge in [-0.25, -0.2) is 0 Å². The number of amides is 2. The van der Waals surface area contributed by atoms with Crippen molar-refractivity contribution >= 4 is 23.2 Å². The van der Waals surface area contributed by atoms with Crippen molar-refractivity contribution < 1.29 is 22.8 Å². The summed E-state index contributed by atoms with van der Waals surface area (Å²) in [5.41, 5.74) is -0.321. The number of halogens is 3. The maximum Gasteiger partial charge on any atom is 0.416 e. The van der Waals surface area contributed by atoms with E-state index in [4.69, 9.17) is 0 Å². The Morgan fingerprint density at radius 1 is 0.958 bits per heavy atom. The highest BCUT2D eigenvalue weighted by molar-refractivity contribution is 5.96. The third-order valence-corrected chi connectivity index (χ3v) is 3.00. The Labute approximate surface area is 135 Å². The summed E-state index contributed by atoms with van der Waals surface area (Å²) in [6, 6.07) is 7.60. The molecule has 0 saturated carbocycles. The Hall–Kier alpha value is -2.90. The van der Waals surface area contributed by atoms with Gasteiger partial charge < -0.3 is 10.6 Å². The molecule has 2 amide bonds. The molecule has 1 heterocycles. The van der Waals surface area contributed by atoms with Crippen LogP contribution in [0, 0.1) is 0 Å². The topological polar surface area (TPSA) is 71.1 Å². The summed E-state index contributed by atoms with van der Waals surface area (Å²) in [6.45, 7) is 0. The van der Waals surface area contributed by atoms with E-state index in [2.05, 4.69) is 15.6 Å². The number of benzene rings is 1. The fourth-order valence-corrected chi connectivity index (χ4v) is 1.88. The lowest BCUT2D eigenvalue weighted by atomic mass is 10.2.